The molecule has 0 aromatic heterocycles. The molecule has 0 spiro atoms. The first-order valence-electron chi connectivity index (χ1n) is 4.98. The molecule has 1 radical (unpaired) electrons. The van der Waals surface area contributed by atoms with Crippen LogP contribution in [0.25, 0.3) is 0 Å². The van der Waals surface area contributed by atoms with Gasteiger partial charge in [-0.15, -0.1) is 11.6 Å². The molecule has 0 aliphatic carbocycles. The van der Waals surface area contributed by atoms with Crippen molar-refractivity contribution in [2.24, 2.45) is 4.99 Å². The van der Waals surface area contributed by atoms with Gasteiger partial charge in [0, 0.05) is 32.7 Å². The summed E-state index contributed by atoms with van der Waals surface area (Å²) in [6, 6.07) is 8.12. The van der Waals surface area contributed by atoms with Gasteiger partial charge in [0.1, 0.15) is 0 Å². The van der Waals surface area contributed by atoms with E-state index in [1.807, 2.05) is 45.9 Å². The van der Waals surface area contributed by atoms with Crippen LogP contribution in [0.5, 0.6) is 0 Å². The molecule has 0 saturated heterocycles. The molecule has 0 bridgehead atoms. The Kier molecular flexibility index (Phi) is 13.0. The largest absolute Gasteiger partial charge is 0.456 e. The predicted octanol–water partition coefficient (Wildman–Crippen LogP) is 3.87. The van der Waals surface area contributed by atoms with E-state index in [2.05, 4.69) is 17.3 Å². The Bertz CT molecular complexity index is 256. The van der Waals surface area contributed by atoms with Crippen molar-refractivity contribution in [3.8, 4) is 0 Å². The van der Waals surface area contributed by atoms with Gasteiger partial charge in [-0.25, -0.2) is 0 Å². The molecule has 0 unspecified atom stereocenters. The minimum absolute atomic E-state index is 0. The Morgan fingerprint density at radius 2 is 1.64 bits per heavy atom. The van der Waals surface area contributed by atoms with E-state index >= 15 is 0 Å². The minimum Gasteiger partial charge on any atom is -0.456 e. The SMILES string of the molecule is CC.CC.[C-]1=Nc2ccccc2C1.[Y]. The van der Waals surface area contributed by atoms with E-state index in [4.69, 9.17) is 0 Å². The molecule has 1 aromatic carbocycles. The van der Waals surface area contributed by atoms with Gasteiger partial charge in [0.25, 0.3) is 0 Å². The number of aliphatic imine (C=N–C) groups is 1. The summed E-state index contributed by atoms with van der Waals surface area (Å²) in [6.45, 7) is 8.00. The first kappa shape index (κ1) is 16.4. The monoisotopic (exact) mass is 265 g/mol. The third kappa shape index (κ3) is 5.02. The Morgan fingerprint density at radius 1 is 1.07 bits per heavy atom. The van der Waals surface area contributed by atoms with E-state index in [1.54, 1.807) is 0 Å². The van der Waals surface area contributed by atoms with Crippen LogP contribution in [0.15, 0.2) is 29.3 Å². The zero-order valence-corrected chi connectivity index (χ0v) is 12.4. The fraction of sp³-hybridized carbons (Fsp3) is 0.417. The van der Waals surface area contributed by atoms with Gasteiger partial charge < -0.3 is 4.99 Å². The number of fused-ring (bicyclic) bond motifs is 1. The fourth-order valence-corrected chi connectivity index (χ4v) is 0.979. The zero-order chi connectivity index (χ0) is 10.1. The zero-order valence-electron chi connectivity index (χ0n) is 9.54. The van der Waals surface area contributed by atoms with Gasteiger partial charge in [0.2, 0.25) is 0 Å². The van der Waals surface area contributed by atoms with Crippen LogP contribution in [0.4, 0.5) is 5.69 Å². The third-order valence-corrected chi connectivity index (χ3v) is 1.46. The maximum absolute atomic E-state index is 4.05. The summed E-state index contributed by atoms with van der Waals surface area (Å²) in [5.41, 5.74) is 2.37. The molecule has 2 rings (SSSR count). The van der Waals surface area contributed by atoms with Crippen molar-refractivity contribution in [1.29, 1.82) is 0 Å². The molecule has 0 amide bonds. The van der Waals surface area contributed by atoms with Crippen LogP contribution in [0, 0.1) is 0 Å². The maximum Gasteiger partial charge on any atom is 0 e. The normalized spacial score (nSPS) is 9.71. The molecule has 0 saturated carbocycles. The van der Waals surface area contributed by atoms with Gasteiger partial charge in [-0.05, 0) is 0 Å². The summed E-state index contributed by atoms with van der Waals surface area (Å²) in [5.74, 6) is 0. The minimum atomic E-state index is 0. The number of hydrogen-bond donors (Lipinski definition) is 0. The number of para-hydroxylation sites is 1. The molecule has 1 heterocycles. The summed E-state index contributed by atoms with van der Waals surface area (Å²) in [4.78, 5) is 4.05. The molecule has 1 aliphatic heterocycles. The Morgan fingerprint density at radius 3 is 2.21 bits per heavy atom. The van der Waals surface area contributed by atoms with Crippen LogP contribution in [0.2, 0.25) is 0 Å². The van der Waals surface area contributed by atoms with E-state index in [-0.39, 0.29) is 32.7 Å². The maximum atomic E-state index is 4.05. The smallest absolute Gasteiger partial charge is 0 e. The quantitative estimate of drug-likeness (QED) is 0.631. The molecule has 0 N–H and O–H groups in total. The van der Waals surface area contributed by atoms with E-state index < -0.39 is 0 Å². The van der Waals surface area contributed by atoms with Gasteiger partial charge in [0.15, 0.2) is 0 Å². The molecule has 1 aromatic rings. The van der Waals surface area contributed by atoms with Crippen molar-refractivity contribution >= 4 is 11.9 Å². The predicted molar refractivity (Wildman–Crippen MR) is 59.9 cm³/mol. The summed E-state index contributed by atoms with van der Waals surface area (Å²) < 4.78 is 0. The molecule has 1 aliphatic rings. The summed E-state index contributed by atoms with van der Waals surface area (Å²) >= 11 is 0. The molecular weight excluding hydrogens is 247 g/mol. The van der Waals surface area contributed by atoms with Crippen LogP contribution in [0.1, 0.15) is 33.3 Å². The molecular formula is C12H18NY-. The topological polar surface area (TPSA) is 12.4 Å². The molecule has 0 atom stereocenters. The number of nitrogens with zero attached hydrogens (tertiary/aromatic N) is 1. The Balaban J connectivity index is 0. The van der Waals surface area contributed by atoms with Crippen molar-refractivity contribution in [2.45, 2.75) is 34.1 Å². The number of rotatable bonds is 0. The van der Waals surface area contributed by atoms with Crippen LogP contribution in [-0.4, -0.2) is 6.21 Å². The van der Waals surface area contributed by atoms with E-state index in [0.29, 0.717) is 0 Å². The fourth-order valence-electron chi connectivity index (χ4n) is 0.979. The standard InChI is InChI=1S/C8H6N.2C2H6.Y/c1-2-4-8-7(3-1)5-6-9-8;2*1-2;/h1-4H,5H2;2*1-2H3;/q-1;;;. The van der Waals surface area contributed by atoms with Crippen LogP contribution in [-0.2, 0) is 39.1 Å². The Labute approximate surface area is 113 Å². The average molecular weight is 265 g/mol. The molecule has 1 nitrogen and oxygen atoms in total. The molecule has 75 valence electrons. The third-order valence-electron chi connectivity index (χ3n) is 1.46. The van der Waals surface area contributed by atoms with Gasteiger partial charge in [-0.1, -0.05) is 58.0 Å². The van der Waals surface area contributed by atoms with Crippen molar-refractivity contribution < 1.29 is 32.7 Å². The van der Waals surface area contributed by atoms with Crippen LogP contribution < -0.4 is 0 Å². The van der Waals surface area contributed by atoms with Crippen LogP contribution >= 0.6 is 0 Å². The molecule has 0 fully saturated rings. The van der Waals surface area contributed by atoms with Gasteiger partial charge in [0.05, 0.1) is 0 Å². The van der Waals surface area contributed by atoms with Crippen molar-refractivity contribution in [2.75, 3.05) is 0 Å². The van der Waals surface area contributed by atoms with Gasteiger partial charge >= 0.3 is 0 Å². The first-order valence-corrected chi connectivity index (χ1v) is 4.98. The van der Waals surface area contributed by atoms with Crippen LogP contribution in [0.3, 0.4) is 0 Å². The first-order chi connectivity index (χ1) is 6.47. The van der Waals surface area contributed by atoms with Gasteiger partial charge in [-0.3, -0.25) is 0 Å². The number of benzene rings is 1. The van der Waals surface area contributed by atoms with Crippen molar-refractivity contribution in [3.63, 3.8) is 0 Å². The van der Waals surface area contributed by atoms with Gasteiger partial charge in [-0.2, -0.15) is 6.21 Å². The summed E-state index contributed by atoms with van der Waals surface area (Å²) in [6.07, 6.45) is 3.80. The number of hydrogen-bond acceptors (Lipinski definition) is 1. The summed E-state index contributed by atoms with van der Waals surface area (Å²) in [5, 5.41) is 0. The second-order valence-corrected chi connectivity index (χ2v) is 2.08. The Hall–Kier alpha value is -0.00610. The molecule has 14 heavy (non-hydrogen) atoms. The summed E-state index contributed by atoms with van der Waals surface area (Å²) in [7, 11) is 0. The van der Waals surface area contributed by atoms with Crippen molar-refractivity contribution in [1.82, 2.24) is 0 Å². The van der Waals surface area contributed by atoms with E-state index in [0.717, 1.165) is 12.1 Å². The van der Waals surface area contributed by atoms with E-state index in [9.17, 15) is 0 Å². The molecule has 2 heteroatoms. The second kappa shape index (κ2) is 11.1. The van der Waals surface area contributed by atoms with E-state index in [1.165, 1.54) is 5.56 Å². The average Bonchev–Trinajstić information content (AvgIpc) is 2.71. The van der Waals surface area contributed by atoms with Crippen molar-refractivity contribution in [3.05, 3.63) is 29.8 Å². The second-order valence-electron chi connectivity index (χ2n) is 2.08.